The molecule has 0 aliphatic heterocycles. The summed E-state index contributed by atoms with van der Waals surface area (Å²) in [6.45, 7) is 11.2. The van der Waals surface area contributed by atoms with Crippen molar-refractivity contribution in [2.24, 2.45) is 0 Å². The van der Waals surface area contributed by atoms with Gasteiger partial charge < -0.3 is 0 Å². The molecule has 0 amide bonds. The summed E-state index contributed by atoms with van der Waals surface area (Å²) in [7, 11) is -4.27. The molecular weight excluding hydrogens is 548 g/mol. The summed E-state index contributed by atoms with van der Waals surface area (Å²) in [4.78, 5) is 0.202. The molecule has 0 unspecified atom stereocenters. The highest BCUT2D eigenvalue weighted by Crippen LogP contribution is 2.35. The minimum Gasteiger partial charge on any atom is -0.282 e. The summed E-state index contributed by atoms with van der Waals surface area (Å²) in [6, 6.07) is 1.86. The molecule has 0 aliphatic rings. The van der Waals surface area contributed by atoms with Crippen LogP contribution in [0.3, 0.4) is 0 Å². The first kappa shape index (κ1) is 40.2. The monoisotopic (exact) mass is 621 g/mol. The summed E-state index contributed by atoms with van der Waals surface area (Å²) >= 11 is 0. The van der Waals surface area contributed by atoms with E-state index in [0.29, 0.717) is 0 Å². The fourth-order valence-electron chi connectivity index (χ4n) is 6.74. The topological polar surface area (TPSA) is 54.4 Å². The second-order valence-electron chi connectivity index (χ2n) is 13.7. The van der Waals surface area contributed by atoms with E-state index in [1.807, 2.05) is 6.07 Å². The standard InChI is InChI=1S/C39H72O3S/c1-6-9-12-15-18-21-24-27-30-35-36(31-28-25-22-19-16-13-10-7-2)38(34(4)5)33-39(43(40,41)42)37(35)32-29-26-23-20-17-14-11-8-3/h33-34H,6-32H2,1-5H3,(H,40,41,42). The van der Waals surface area contributed by atoms with Crippen LogP contribution in [-0.2, 0) is 29.4 Å². The molecule has 0 saturated carbocycles. The van der Waals surface area contributed by atoms with E-state index in [9.17, 15) is 13.0 Å². The van der Waals surface area contributed by atoms with Crippen LogP contribution in [0.15, 0.2) is 11.0 Å². The summed E-state index contributed by atoms with van der Waals surface area (Å²) in [5.41, 5.74) is 4.77. The fraction of sp³-hybridized carbons (Fsp3) is 0.846. The van der Waals surface area contributed by atoms with E-state index in [4.69, 9.17) is 0 Å². The molecule has 252 valence electrons. The molecule has 0 saturated heterocycles. The fourth-order valence-corrected chi connectivity index (χ4v) is 7.56. The first-order valence-electron chi connectivity index (χ1n) is 18.9. The SMILES string of the molecule is CCCCCCCCCCc1c(C(C)C)cc(S(=O)(=O)O)c(CCCCCCCCCC)c1CCCCCCCCCC. The van der Waals surface area contributed by atoms with Crippen LogP contribution < -0.4 is 0 Å². The van der Waals surface area contributed by atoms with E-state index in [2.05, 4.69) is 34.6 Å². The normalized spacial score (nSPS) is 12.1. The van der Waals surface area contributed by atoms with E-state index in [-0.39, 0.29) is 10.8 Å². The van der Waals surface area contributed by atoms with Gasteiger partial charge in [0.2, 0.25) is 0 Å². The van der Waals surface area contributed by atoms with Crippen molar-refractivity contribution in [1.82, 2.24) is 0 Å². The molecule has 0 radical (unpaired) electrons. The van der Waals surface area contributed by atoms with Crippen LogP contribution in [-0.4, -0.2) is 13.0 Å². The first-order valence-corrected chi connectivity index (χ1v) is 20.4. The van der Waals surface area contributed by atoms with Crippen molar-refractivity contribution in [3.8, 4) is 0 Å². The number of rotatable bonds is 29. The lowest BCUT2D eigenvalue weighted by Crippen LogP contribution is -2.13. The van der Waals surface area contributed by atoms with Crippen LogP contribution in [0, 0.1) is 0 Å². The number of hydrogen-bond donors (Lipinski definition) is 1. The summed E-state index contributed by atoms with van der Waals surface area (Å²) in [5.74, 6) is 0.235. The minimum absolute atomic E-state index is 0.202. The Bertz CT molecular complexity index is 919. The van der Waals surface area contributed by atoms with Crippen LogP contribution in [0.5, 0.6) is 0 Å². The molecule has 43 heavy (non-hydrogen) atoms. The Hall–Kier alpha value is -0.870. The van der Waals surface area contributed by atoms with Crippen molar-refractivity contribution >= 4 is 10.1 Å². The van der Waals surface area contributed by atoms with Crippen molar-refractivity contribution in [1.29, 1.82) is 0 Å². The number of unbranched alkanes of at least 4 members (excludes halogenated alkanes) is 21. The highest BCUT2D eigenvalue weighted by atomic mass is 32.2. The zero-order valence-electron chi connectivity index (χ0n) is 29.4. The Morgan fingerprint density at radius 1 is 0.488 bits per heavy atom. The van der Waals surface area contributed by atoms with E-state index in [1.165, 1.54) is 146 Å². The average molecular weight is 621 g/mol. The van der Waals surface area contributed by atoms with Crippen LogP contribution in [0.2, 0.25) is 0 Å². The maximum absolute atomic E-state index is 12.8. The van der Waals surface area contributed by atoms with Crippen molar-refractivity contribution in [2.45, 2.75) is 219 Å². The third-order valence-electron chi connectivity index (χ3n) is 9.40. The minimum atomic E-state index is -4.27. The van der Waals surface area contributed by atoms with Crippen LogP contribution in [0.1, 0.15) is 217 Å². The van der Waals surface area contributed by atoms with Gasteiger partial charge in [-0.15, -0.1) is 0 Å². The van der Waals surface area contributed by atoms with Crippen LogP contribution >= 0.6 is 0 Å². The molecule has 0 bridgehead atoms. The highest BCUT2D eigenvalue weighted by molar-refractivity contribution is 7.85. The zero-order chi connectivity index (χ0) is 31.8. The van der Waals surface area contributed by atoms with Crippen molar-refractivity contribution in [3.63, 3.8) is 0 Å². The predicted octanol–water partition coefficient (Wildman–Crippen LogP) is 13.1. The van der Waals surface area contributed by atoms with E-state index >= 15 is 0 Å². The number of hydrogen-bond acceptors (Lipinski definition) is 2. The van der Waals surface area contributed by atoms with Crippen LogP contribution in [0.4, 0.5) is 0 Å². The van der Waals surface area contributed by atoms with Gasteiger partial charge >= 0.3 is 0 Å². The van der Waals surface area contributed by atoms with E-state index in [0.717, 1.165) is 49.7 Å². The highest BCUT2D eigenvalue weighted by Gasteiger charge is 2.24. The van der Waals surface area contributed by atoms with Gasteiger partial charge in [-0.2, -0.15) is 8.42 Å². The Kier molecular flexibility index (Phi) is 23.7. The quantitative estimate of drug-likeness (QED) is 0.0716. The van der Waals surface area contributed by atoms with E-state index in [1.54, 1.807) is 0 Å². The van der Waals surface area contributed by atoms with Gasteiger partial charge in [0, 0.05) is 0 Å². The van der Waals surface area contributed by atoms with E-state index < -0.39 is 10.1 Å². The van der Waals surface area contributed by atoms with Gasteiger partial charge in [-0.1, -0.05) is 169 Å². The maximum Gasteiger partial charge on any atom is 0.294 e. The first-order chi connectivity index (χ1) is 20.8. The van der Waals surface area contributed by atoms with Crippen LogP contribution in [0.25, 0.3) is 0 Å². The molecule has 1 N–H and O–H groups in total. The maximum atomic E-state index is 12.8. The second kappa shape index (κ2) is 25.3. The Labute approximate surface area is 269 Å². The molecule has 0 aromatic heterocycles. The van der Waals surface area contributed by atoms with Gasteiger partial charge in [-0.05, 0) is 72.8 Å². The molecule has 0 atom stereocenters. The second-order valence-corrected chi connectivity index (χ2v) is 15.1. The molecule has 1 aromatic carbocycles. The lowest BCUT2D eigenvalue weighted by molar-refractivity contribution is 0.480. The van der Waals surface area contributed by atoms with Gasteiger partial charge in [-0.25, -0.2) is 0 Å². The molecule has 1 aromatic rings. The largest absolute Gasteiger partial charge is 0.294 e. The average Bonchev–Trinajstić information content (AvgIpc) is 2.97. The lowest BCUT2D eigenvalue weighted by atomic mass is 9.83. The molecule has 0 spiro atoms. The van der Waals surface area contributed by atoms with Crippen molar-refractivity contribution in [2.75, 3.05) is 0 Å². The molecule has 0 fully saturated rings. The molecule has 3 nitrogen and oxygen atoms in total. The lowest BCUT2D eigenvalue weighted by Gasteiger charge is -2.24. The Morgan fingerprint density at radius 2 is 0.791 bits per heavy atom. The molecule has 1 rings (SSSR count). The molecule has 4 heteroatoms. The van der Waals surface area contributed by atoms with Gasteiger partial charge in [0.05, 0.1) is 4.90 Å². The van der Waals surface area contributed by atoms with Gasteiger partial charge in [-0.3, -0.25) is 4.55 Å². The Balaban J connectivity index is 3.12. The van der Waals surface area contributed by atoms with Gasteiger partial charge in [0.15, 0.2) is 0 Å². The Morgan fingerprint density at radius 3 is 1.12 bits per heavy atom. The van der Waals surface area contributed by atoms with Crippen molar-refractivity contribution < 1.29 is 13.0 Å². The summed E-state index contributed by atoms with van der Waals surface area (Å²) in [5, 5.41) is 0. The van der Waals surface area contributed by atoms with Crippen molar-refractivity contribution in [3.05, 3.63) is 28.3 Å². The predicted molar refractivity (Wildman–Crippen MR) is 189 cm³/mol. The number of benzene rings is 1. The third kappa shape index (κ3) is 18.0. The summed E-state index contributed by atoms with van der Waals surface area (Å²) in [6.07, 6.45) is 33.1. The molecule has 0 heterocycles. The summed E-state index contributed by atoms with van der Waals surface area (Å²) < 4.78 is 36.0. The zero-order valence-corrected chi connectivity index (χ0v) is 30.2. The molecular formula is C39H72O3S. The molecule has 0 aliphatic carbocycles. The van der Waals surface area contributed by atoms with Gasteiger partial charge in [0.1, 0.15) is 0 Å². The smallest absolute Gasteiger partial charge is 0.282 e. The van der Waals surface area contributed by atoms with Gasteiger partial charge in [0.25, 0.3) is 10.1 Å². The third-order valence-corrected chi connectivity index (χ3v) is 10.3.